The number of anilines is 4. The number of carbonyl (C=O) groups excluding carboxylic acids is 1. The second-order valence-corrected chi connectivity index (χ2v) is 14.7. The molecule has 0 radical (unpaired) electrons. The molecule has 0 unspecified atom stereocenters. The van der Waals surface area contributed by atoms with Crippen molar-refractivity contribution in [3.8, 4) is 17.3 Å². The van der Waals surface area contributed by atoms with Gasteiger partial charge in [-0.1, -0.05) is 84.6 Å². The molecule has 64 heavy (non-hydrogen) atoms. The topological polar surface area (TPSA) is 146 Å². The van der Waals surface area contributed by atoms with E-state index in [1.54, 1.807) is 104 Å². The van der Waals surface area contributed by atoms with Gasteiger partial charge in [-0.25, -0.2) is 4.98 Å². The number of rotatable bonds is 11. The number of benzene rings is 4. The summed E-state index contributed by atoms with van der Waals surface area (Å²) in [5.74, 6) is -0.640. The average molecular weight is 896 g/mol. The van der Waals surface area contributed by atoms with Crippen LogP contribution in [0.15, 0.2) is 160 Å². The fraction of sp³-hybridized carbons (Fsp3) is 0.109. The lowest BCUT2D eigenvalue weighted by Gasteiger charge is -2.20. The quantitative estimate of drug-likeness (QED) is 0.0853. The van der Waals surface area contributed by atoms with Gasteiger partial charge in [-0.2, -0.15) is 31.3 Å². The lowest BCUT2D eigenvalue weighted by molar-refractivity contribution is -0.137. The normalized spacial score (nSPS) is 11.5. The van der Waals surface area contributed by atoms with Gasteiger partial charge >= 0.3 is 12.4 Å². The van der Waals surface area contributed by atoms with Gasteiger partial charge in [-0.3, -0.25) is 23.5 Å². The highest BCUT2D eigenvalue weighted by Gasteiger charge is 2.37. The first-order valence-electron chi connectivity index (χ1n) is 19.3. The van der Waals surface area contributed by atoms with E-state index in [0.29, 0.717) is 22.7 Å². The van der Waals surface area contributed by atoms with E-state index in [1.807, 2.05) is 24.3 Å². The molecule has 4 heterocycles. The molecule has 326 valence electrons. The van der Waals surface area contributed by atoms with Gasteiger partial charge in [0.25, 0.3) is 0 Å². The van der Waals surface area contributed by atoms with E-state index in [9.17, 15) is 40.7 Å². The molecule has 8 aromatic rings. The molecule has 0 aliphatic heterocycles. The van der Waals surface area contributed by atoms with Crippen molar-refractivity contribution >= 4 is 62.7 Å². The predicted molar refractivity (Wildman–Crippen MR) is 235 cm³/mol. The molecular formula is C46H35F6N7O4S. The Hall–Kier alpha value is -7.60. The van der Waals surface area contributed by atoms with Crippen molar-refractivity contribution in [1.29, 1.82) is 0 Å². The van der Waals surface area contributed by atoms with Crippen LogP contribution in [0.2, 0.25) is 0 Å². The monoisotopic (exact) mass is 895 g/mol. The molecular weight excluding hydrogens is 861 g/mol. The number of hydrogen-bond acceptors (Lipinski definition) is 9. The van der Waals surface area contributed by atoms with Crippen LogP contribution in [0.25, 0.3) is 33.4 Å². The number of fused-ring (bicyclic) bond motifs is 2. The van der Waals surface area contributed by atoms with E-state index in [1.165, 1.54) is 9.13 Å². The third-order valence-corrected chi connectivity index (χ3v) is 10.2. The number of para-hydroxylation sites is 4. The third-order valence-electron chi connectivity index (χ3n) is 9.27. The number of alkyl halides is 6. The van der Waals surface area contributed by atoms with Crippen molar-refractivity contribution in [2.24, 2.45) is 5.73 Å². The zero-order valence-corrected chi connectivity index (χ0v) is 34.3. The Bertz CT molecular complexity index is 3060. The van der Waals surface area contributed by atoms with Gasteiger partial charge in [-0.15, -0.1) is 0 Å². The molecule has 8 rings (SSSR count). The maximum absolute atomic E-state index is 14.0. The van der Waals surface area contributed by atoms with Crippen molar-refractivity contribution < 1.29 is 35.9 Å². The summed E-state index contributed by atoms with van der Waals surface area (Å²) in [5.41, 5.74) is 3.35. The minimum absolute atomic E-state index is 0.0745. The molecule has 0 aliphatic carbocycles. The first-order chi connectivity index (χ1) is 30.6. The Balaban J connectivity index is 0.000000192. The molecule has 0 atom stereocenters. The van der Waals surface area contributed by atoms with E-state index in [4.69, 9.17) is 10.5 Å². The summed E-state index contributed by atoms with van der Waals surface area (Å²) in [6.07, 6.45) is -9.57. The molecule has 0 aliphatic rings. The van der Waals surface area contributed by atoms with Gasteiger partial charge in [0.1, 0.15) is 11.6 Å². The van der Waals surface area contributed by atoms with Crippen molar-refractivity contribution in [3.63, 3.8) is 0 Å². The number of nitrogens with two attached hydrogens (primary N) is 1. The Labute approximate surface area is 364 Å². The van der Waals surface area contributed by atoms with Gasteiger partial charge in [0.2, 0.25) is 11.8 Å². The maximum atomic E-state index is 14.0. The standard InChI is InChI=1S/C23H17F3N4O2S.C23H18F3N3O2/c24-23(25,26)16-11-20(33-13-18(27)32)29-22-21(16)17(31)12-19(28-14-7-3-1-4-8-14)30(22)15-9-5-2-6-10-15;1-2-31-20-13-17(23(24,25)26)21-18(30)14-19(27-15-9-5-3-6-10-15)29(22(21)28-20)16-11-7-4-8-12-16/h1-12,28H,13H2,(H2,27,32);3-14,27H,2H2,1H3. The number of halogens is 6. The van der Waals surface area contributed by atoms with Gasteiger partial charge in [0, 0.05) is 40.9 Å². The van der Waals surface area contributed by atoms with Gasteiger partial charge in [-0.05, 0) is 61.5 Å². The van der Waals surface area contributed by atoms with Crippen molar-refractivity contribution in [2.45, 2.75) is 24.3 Å². The molecule has 18 heteroatoms. The number of amides is 1. The number of nitrogens with zero attached hydrogens (tertiary/aromatic N) is 4. The van der Waals surface area contributed by atoms with Crippen LogP contribution < -0.4 is 32.0 Å². The van der Waals surface area contributed by atoms with E-state index in [0.717, 1.165) is 36.0 Å². The summed E-state index contributed by atoms with van der Waals surface area (Å²) < 4.78 is 91.7. The molecule has 4 aromatic heterocycles. The van der Waals surface area contributed by atoms with Crippen LogP contribution in [0.4, 0.5) is 49.4 Å². The summed E-state index contributed by atoms with van der Waals surface area (Å²) in [4.78, 5) is 45.6. The van der Waals surface area contributed by atoms with Crippen LogP contribution in [0.3, 0.4) is 0 Å². The van der Waals surface area contributed by atoms with Gasteiger partial charge < -0.3 is 21.1 Å². The van der Waals surface area contributed by atoms with Crippen molar-refractivity contribution in [3.05, 3.63) is 177 Å². The molecule has 4 aromatic carbocycles. The number of nitrogens with one attached hydrogen (secondary N) is 2. The molecule has 0 saturated carbocycles. The van der Waals surface area contributed by atoms with E-state index < -0.39 is 51.0 Å². The number of carbonyl (C=O) groups is 1. The fourth-order valence-electron chi connectivity index (χ4n) is 6.66. The second kappa shape index (κ2) is 18.8. The molecule has 4 N–H and O–H groups in total. The molecule has 0 bridgehead atoms. The number of primary amides is 1. The first kappa shape index (κ1) is 44.5. The number of hydrogen-bond donors (Lipinski definition) is 3. The third kappa shape index (κ3) is 10.0. The second-order valence-electron chi connectivity index (χ2n) is 13.7. The molecule has 0 fully saturated rings. The first-order valence-corrected chi connectivity index (χ1v) is 20.3. The molecule has 11 nitrogen and oxygen atoms in total. The largest absolute Gasteiger partial charge is 0.478 e. The van der Waals surface area contributed by atoms with E-state index in [-0.39, 0.29) is 46.2 Å². The van der Waals surface area contributed by atoms with Crippen molar-refractivity contribution in [1.82, 2.24) is 19.1 Å². The predicted octanol–water partition coefficient (Wildman–Crippen LogP) is 10.3. The number of pyridine rings is 4. The summed E-state index contributed by atoms with van der Waals surface area (Å²) in [6.45, 7) is 1.78. The van der Waals surface area contributed by atoms with Crippen LogP contribution in [-0.4, -0.2) is 37.4 Å². The molecule has 0 spiro atoms. The zero-order chi connectivity index (χ0) is 45.6. The fourth-order valence-corrected chi connectivity index (χ4v) is 7.31. The van der Waals surface area contributed by atoms with Crippen LogP contribution in [0, 0.1) is 0 Å². The van der Waals surface area contributed by atoms with Gasteiger partial charge in [0.15, 0.2) is 22.2 Å². The Morgan fingerprint density at radius 3 is 1.44 bits per heavy atom. The molecule has 1 amide bonds. The van der Waals surface area contributed by atoms with Crippen molar-refractivity contribution in [2.75, 3.05) is 23.0 Å². The lowest BCUT2D eigenvalue weighted by atomic mass is 10.1. The highest BCUT2D eigenvalue weighted by atomic mass is 32.2. The smallest absolute Gasteiger partial charge is 0.417 e. The Morgan fingerprint density at radius 1 is 0.625 bits per heavy atom. The summed E-state index contributed by atoms with van der Waals surface area (Å²) in [6, 6.07) is 39.1. The highest BCUT2D eigenvalue weighted by Crippen LogP contribution is 2.39. The lowest BCUT2D eigenvalue weighted by Crippen LogP contribution is -2.19. The number of aromatic nitrogens is 4. The van der Waals surface area contributed by atoms with E-state index >= 15 is 0 Å². The van der Waals surface area contributed by atoms with E-state index in [2.05, 4.69) is 20.6 Å². The zero-order valence-electron chi connectivity index (χ0n) is 33.4. The minimum atomic E-state index is -4.81. The number of ether oxygens (including phenoxy) is 1. The van der Waals surface area contributed by atoms with Crippen LogP contribution in [-0.2, 0) is 17.1 Å². The Morgan fingerprint density at radius 2 is 1.03 bits per heavy atom. The van der Waals surface area contributed by atoms with Crippen LogP contribution >= 0.6 is 11.8 Å². The summed E-state index contributed by atoms with van der Waals surface area (Å²) in [5, 5.41) is 5.06. The summed E-state index contributed by atoms with van der Waals surface area (Å²) in [7, 11) is 0. The van der Waals surface area contributed by atoms with Gasteiger partial charge in [0.05, 0.1) is 39.3 Å². The number of thioether (sulfide) groups is 1. The maximum Gasteiger partial charge on any atom is 0.417 e. The van der Waals surface area contributed by atoms with Crippen LogP contribution in [0.5, 0.6) is 5.88 Å². The highest BCUT2D eigenvalue weighted by molar-refractivity contribution is 7.99. The average Bonchev–Trinajstić information content (AvgIpc) is 3.26. The summed E-state index contributed by atoms with van der Waals surface area (Å²) >= 11 is 0.772. The SMILES string of the molecule is CCOc1cc(C(F)(F)F)c2c(=O)cc(Nc3ccccc3)n(-c3ccccc3)c2n1.NC(=O)CSc1cc(C(F)(F)F)c2c(=O)cc(Nc3ccccc3)n(-c3ccccc3)c2n1. The van der Waals surface area contributed by atoms with Crippen LogP contribution in [0.1, 0.15) is 18.1 Å². The Kier molecular flexibility index (Phi) is 13.1. The molecule has 0 saturated heterocycles. The minimum Gasteiger partial charge on any atom is -0.478 e.